The van der Waals surface area contributed by atoms with Crippen molar-refractivity contribution in [2.24, 2.45) is 5.92 Å². The van der Waals surface area contributed by atoms with Gasteiger partial charge in [0.05, 0.1) is 13.0 Å². The fourth-order valence-electron chi connectivity index (χ4n) is 4.22. The van der Waals surface area contributed by atoms with Gasteiger partial charge in [-0.25, -0.2) is 0 Å². The van der Waals surface area contributed by atoms with Crippen LogP contribution in [-0.4, -0.2) is 11.4 Å². The fourth-order valence-corrected chi connectivity index (χ4v) is 6.08. The monoisotopic (exact) mass is 402 g/mol. The van der Waals surface area contributed by atoms with E-state index in [0.717, 1.165) is 22.6 Å². The number of para-hydroxylation sites is 1. The largest absolute Gasteiger partial charge is 0.497 e. The van der Waals surface area contributed by atoms with E-state index in [0.29, 0.717) is 0 Å². The van der Waals surface area contributed by atoms with Crippen molar-refractivity contribution >= 4 is 34.5 Å². The van der Waals surface area contributed by atoms with Crippen LogP contribution in [-0.2, 0) is 5.60 Å². The molecule has 0 bridgehead atoms. The van der Waals surface area contributed by atoms with Gasteiger partial charge in [-0.15, -0.1) is 11.3 Å². The normalized spacial score (nSPS) is 27.8. The van der Waals surface area contributed by atoms with Crippen molar-refractivity contribution in [3.63, 3.8) is 0 Å². The molecule has 0 N–H and O–H groups in total. The third-order valence-electron chi connectivity index (χ3n) is 5.47. The summed E-state index contributed by atoms with van der Waals surface area (Å²) in [5.41, 5.74) is 1.36. The molecule has 1 aromatic heterocycles. The Hall–Kier alpha value is -1.68. The molecule has 1 aliphatic heterocycles. The van der Waals surface area contributed by atoms with E-state index in [1.165, 1.54) is 4.88 Å². The predicted molar refractivity (Wildman–Crippen MR) is 106 cm³/mol. The summed E-state index contributed by atoms with van der Waals surface area (Å²) in [5.74, 6) is 1.70. The van der Waals surface area contributed by atoms with Gasteiger partial charge in [-0.3, -0.25) is 0 Å². The number of methoxy groups -OCH3 is 1. The Labute approximate surface area is 166 Å². The molecule has 132 valence electrons. The number of alkyl halides is 2. The number of halogens is 2. The van der Waals surface area contributed by atoms with Crippen LogP contribution < -0.4 is 9.47 Å². The van der Waals surface area contributed by atoms with Gasteiger partial charge in [-0.2, -0.15) is 0 Å². The smallest absolute Gasteiger partial charge is 0.174 e. The lowest BCUT2D eigenvalue weighted by Gasteiger charge is -2.31. The second-order valence-electron chi connectivity index (χ2n) is 6.70. The molecule has 0 saturated heterocycles. The van der Waals surface area contributed by atoms with E-state index in [4.69, 9.17) is 32.7 Å². The van der Waals surface area contributed by atoms with Gasteiger partial charge in [0.2, 0.25) is 0 Å². The number of hydrogen-bond acceptors (Lipinski definition) is 3. The molecule has 2 aromatic carbocycles. The van der Waals surface area contributed by atoms with Crippen molar-refractivity contribution in [2.75, 3.05) is 7.11 Å². The molecular weight excluding hydrogens is 387 g/mol. The zero-order chi connectivity index (χ0) is 17.9. The van der Waals surface area contributed by atoms with Crippen molar-refractivity contribution in [2.45, 2.75) is 15.9 Å². The van der Waals surface area contributed by atoms with E-state index in [1.807, 2.05) is 42.5 Å². The molecule has 2 nitrogen and oxygen atoms in total. The highest BCUT2D eigenvalue weighted by atomic mass is 35.5. The Morgan fingerprint density at radius 3 is 2.46 bits per heavy atom. The highest BCUT2D eigenvalue weighted by Crippen LogP contribution is 2.77. The number of fused-ring (bicyclic) bond motifs is 2. The number of hydrogen-bond donors (Lipinski definition) is 0. The second kappa shape index (κ2) is 5.66. The average molecular weight is 403 g/mol. The van der Waals surface area contributed by atoms with Gasteiger partial charge in [0, 0.05) is 16.4 Å². The van der Waals surface area contributed by atoms with E-state index in [2.05, 4.69) is 23.6 Å². The summed E-state index contributed by atoms with van der Waals surface area (Å²) in [6, 6.07) is 20.2. The zero-order valence-electron chi connectivity index (χ0n) is 14.0. The van der Waals surface area contributed by atoms with Crippen molar-refractivity contribution < 1.29 is 9.47 Å². The first-order chi connectivity index (χ1) is 12.6. The highest BCUT2D eigenvalue weighted by Gasteiger charge is 2.83. The second-order valence-corrected chi connectivity index (χ2v) is 9.06. The Morgan fingerprint density at radius 1 is 1.00 bits per heavy atom. The van der Waals surface area contributed by atoms with E-state index in [9.17, 15) is 0 Å². The van der Waals surface area contributed by atoms with Gasteiger partial charge < -0.3 is 9.47 Å². The molecule has 0 spiro atoms. The molecule has 2 heterocycles. The molecule has 1 fully saturated rings. The topological polar surface area (TPSA) is 18.5 Å². The summed E-state index contributed by atoms with van der Waals surface area (Å²) in [6.07, 6.45) is 0. The number of thiophene rings is 1. The minimum Gasteiger partial charge on any atom is -0.497 e. The van der Waals surface area contributed by atoms with Crippen LogP contribution in [0.25, 0.3) is 0 Å². The lowest BCUT2D eigenvalue weighted by atomic mass is 9.86. The Kier molecular flexibility index (Phi) is 3.59. The van der Waals surface area contributed by atoms with Crippen LogP contribution in [0.1, 0.15) is 21.9 Å². The lowest BCUT2D eigenvalue weighted by molar-refractivity contribution is 0.138. The van der Waals surface area contributed by atoms with Crippen molar-refractivity contribution in [3.8, 4) is 11.5 Å². The molecule has 0 unspecified atom stereocenters. The highest BCUT2D eigenvalue weighted by molar-refractivity contribution is 7.10. The van der Waals surface area contributed by atoms with Crippen LogP contribution in [0.4, 0.5) is 0 Å². The summed E-state index contributed by atoms with van der Waals surface area (Å²) >= 11 is 15.5. The van der Waals surface area contributed by atoms with Crippen LogP contribution in [0.2, 0.25) is 0 Å². The molecule has 0 amide bonds. The summed E-state index contributed by atoms with van der Waals surface area (Å²) < 4.78 is 10.8. The first-order valence-electron chi connectivity index (χ1n) is 8.43. The first-order valence-corrected chi connectivity index (χ1v) is 10.1. The minimum atomic E-state index is -1.00. The molecular formula is C21H16Cl2O2S. The van der Waals surface area contributed by atoms with Crippen LogP contribution >= 0.6 is 34.5 Å². The Morgan fingerprint density at radius 2 is 1.77 bits per heavy atom. The van der Waals surface area contributed by atoms with Crippen LogP contribution in [0.15, 0.2) is 66.0 Å². The predicted octanol–water partition coefficient (Wildman–Crippen LogP) is 5.98. The molecule has 26 heavy (non-hydrogen) atoms. The summed E-state index contributed by atoms with van der Waals surface area (Å²) in [7, 11) is 1.65. The van der Waals surface area contributed by atoms with Crippen LogP contribution in [0, 0.1) is 5.92 Å². The van der Waals surface area contributed by atoms with Gasteiger partial charge in [0.1, 0.15) is 11.5 Å². The van der Waals surface area contributed by atoms with Gasteiger partial charge in [0.25, 0.3) is 0 Å². The van der Waals surface area contributed by atoms with Crippen molar-refractivity contribution in [1.29, 1.82) is 0 Å². The Bertz CT molecular complexity index is 952. The summed E-state index contributed by atoms with van der Waals surface area (Å²) in [6.45, 7) is 0. The standard InChI is InChI=1S/C21H16Cl2O2S/c1-24-14-10-8-13(9-11-14)20-19(21(20,22)23)18(17-7-4-12-26-17)15-5-2-3-6-16(15)25-20/h2-12,18-19H,1H3/t18-,19+,20-/m0/s1. The molecule has 1 saturated carbocycles. The van der Waals surface area contributed by atoms with Crippen molar-refractivity contribution in [1.82, 2.24) is 0 Å². The SMILES string of the molecule is COc1ccc([C@]23Oc4ccccc4[C@@H](c4cccs4)[C@H]2C3(Cl)Cl)cc1. The lowest BCUT2D eigenvalue weighted by Crippen LogP contribution is -2.28. The molecule has 0 radical (unpaired) electrons. The van der Waals surface area contributed by atoms with Crippen molar-refractivity contribution in [3.05, 3.63) is 82.0 Å². The van der Waals surface area contributed by atoms with Gasteiger partial charge in [0.15, 0.2) is 9.93 Å². The molecule has 5 heteroatoms. The number of ether oxygens (including phenoxy) is 2. The fraction of sp³-hybridized carbons (Fsp3) is 0.238. The van der Waals surface area contributed by atoms with Gasteiger partial charge >= 0.3 is 0 Å². The van der Waals surface area contributed by atoms with E-state index in [-0.39, 0.29) is 11.8 Å². The maximum atomic E-state index is 6.89. The quantitative estimate of drug-likeness (QED) is 0.501. The first kappa shape index (κ1) is 16.5. The maximum absolute atomic E-state index is 6.89. The van der Waals surface area contributed by atoms with Crippen LogP contribution in [0.5, 0.6) is 11.5 Å². The third kappa shape index (κ3) is 2.05. The van der Waals surface area contributed by atoms with Crippen LogP contribution in [0.3, 0.4) is 0 Å². The van der Waals surface area contributed by atoms with Gasteiger partial charge in [-0.05, 0) is 35.2 Å². The number of rotatable bonds is 3. The molecule has 3 atom stereocenters. The molecule has 2 aliphatic rings. The Balaban J connectivity index is 1.70. The minimum absolute atomic E-state index is 0.0553. The molecule has 3 aromatic rings. The average Bonchev–Trinajstić information content (AvgIpc) is 3.02. The molecule has 1 aliphatic carbocycles. The number of benzene rings is 2. The maximum Gasteiger partial charge on any atom is 0.174 e. The summed E-state index contributed by atoms with van der Waals surface area (Å²) in [5, 5.41) is 2.09. The van der Waals surface area contributed by atoms with E-state index < -0.39 is 9.93 Å². The zero-order valence-corrected chi connectivity index (χ0v) is 16.3. The van der Waals surface area contributed by atoms with E-state index in [1.54, 1.807) is 18.4 Å². The third-order valence-corrected chi connectivity index (χ3v) is 7.45. The van der Waals surface area contributed by atoms with E-state index >= 15 is 0 Å². The van der Waals surface area contributed by atoms with Gasteiger partial charge in [-0.1, -0.05) is 59.6 Å². The molecule has 5 rings (SSSR count). The summed E-state index contributed by atoms with van der Waals surface area (Å²) in [4.78, 5) is 1.26.